The summed E-state index contributed by atoms with van der Waals surface area (Å²) in [6.07, 6.45) is 0.282. The normalized spacial score (nSPS) is 10.8. The summed E-state index contributed by atoms with van der Waals surface area (Å²) in [5.74, 6) is 0.0275. The molecular formula is C18H14ClNO. The van der Waals surface area contributed by atoms with Gasteiger partial charge in [0.05, 0.1) is 11.9 Å². The Labute approximate surface area is 128 Å². The monoisotopic (exact) mass is 295 g/mol. The van der Waals surface area contributed by atoms with Crippen LogP contribution in [-0.4, -0.2) is 10.8 Å². The smallest absolute Gasteiger partial charge is 0.168 e. The van der Waals surface area contributed by atoms with E-state index in [0.29, 0.717) is 10.6 Å². The van der Waals surface area contributed by atoms with Gasteiger partial charge in [0, 0.05) is 21.7 Å². The number of hydrogen-bond acceptors (Lipinski definition) is 2. The van der Waals surface area contributed by atoms with Crippen molar-refractivity contribution < 1.29 is 4.79 Å². The molecule has 0 radical (unpaired) electrons. The number of carbonyl (C=O) groups excluding carboxylic acids is 1. The lowest BCUT2D eigenvalue weighted by atomic mass is 10.0. The van der Waals surface area contributed by atoms with Crippen LogP contribution in [0.1, 0.15) is 21.6 Å². The Morgan fingerprint density at radius 3 is 2.71 bits per heavy atom. The minimum Gasteiger partial charge on any atom is -0.294 e. The number of benzene rings is 2. The number of rotatable bonds is 3. The number of Topliss-reactive ketones (excluding diaryl/α,β-unsaturated/α-hetero) is 1. The Kier molecular flexibility index (Phi) is 3.72. The summed E-state index contributed by atoms with van der Waals surface area (Å²) in [7, 11) is 0. The number of carbonyl (C=O) groups is 1. The van der Waals surface area contributed by atoms with E-state index < -0.39 is 0 Å². The fraction of sp³-hybridized carbons (Fsp3) is 0.111. The molecule has 2 nitrogen and oxygen atoms in total. The van der Waals surface area contributed by atoms with E-state index in [0.717, 1.165) is 22.2 Å². The number of aryl methyl sites for hydroxylation is 1. The van der Waals surface area contributed by atoms with Gasteiger partial charge < -0.3 is 0 Å². The van der Waals surface area contributed by atoms with Gasteiger partial charge in [-0.05, 0) is 30.7 Å². The third-order valence-corrected chi connectivity index (χ3v) is 3.90. The van der Waals surface area contributed by atoms with Gasteiger partial charge in [-0.1, -0.05) is 48.0 Å². The molecule has 1 heterocycles. The highest BCUT2D eigenvalue weighted by Gasteiger charge is 2.10. The van der Waals surface area contributed by atoms with Crippen molar-refractivity contribution in [3.63, 3.8) is 0 Å². The van der Waals surface area contributed by atoms with Crippen molar-refractivity contribution in [3.05, 3.63) is 76.4 Å². The maximum Gasteiger partial charge on any atom is 0.168 e. The molecule has 0 aliphatic heterocycles. The summed E-state index contributed by atoms with van der Waals surface area (Å²) >= 11 is 6.07. The van der Waals surface area contributed by atoms with E-state index in [4.69, 9.17) is 11.6 Å². The summed E-state index contributed by atoms with van der Waals surface area (Å²) < 4.78 is 0. The van der Waals surface area contributed by atoms with Crippen molar-refractivity contribution >= 4 is 28.3 Å². The number of pyridine rings is 1. The van der Waals surface area contributed by atoms with E-state index in [1.165, 1.54) is 0 Å². The second-order valence-electron chi connectivity index (χ2n) is 5.06. The molecule has 0 amide bonds. The molecule has 0 bridgehead atoms. The first-order chi connectivity index (χ1) is 10.1. The zero-order valence-electron chi connectivity index (χ0n) is 11.6. The molecule has 104 valence electrons. The molecule has 0 unspecified atom stereocenters. The lowest BCUT2D eigenvalue weighted by Gasteiger charge is -2.05. The molecule has 3 rings (SSSR count). The molecule has 3 aromatic rings. The molecule has 1 aromatic heterocycles. The molecule has 0 saturated heterocycles. The maximum absolute atomic E-state index is 12.3. The average Bonchev–Trinajstić information content (AvgIpc) is 2.50. The van der Waals surface area contributed by atoms with Gasteiger partial charge in [0.15, 0.2) is 5.78 Å². The Balaban J connectivity index is 1.87. The Bertz CT molecular complexity index is 826. The van der Waals surface area contributed by atoms with Crippen molar-refractivity contribution in [3.8, 4) is 0 Å². The molecular weight excluding hydrogens is 282 g/mol. The lowest BCUT2D eigenvalue weighted by molar-refractivity contribution is 0.0992. The quantitative estimate of drug-likeness (QED) is 0.660. The van der Waals surface area contributed by atoms with Crippen LogP contribution in [0.2, 0.25) is 5.02 Å². The SMILES string of the molecule is Cc1ccc(C(=O)Cc2ccc3ccccc3n2)cc1Cl. The van der Waals surface area contributed by atoms with Crippen LogP contribution in [0, 0.1) is 6.92 Å². The third-order valence-electron chi connectivity index (χ3n) is 3.49. The van der Waals surface area contributed by atoms with Crippen LogP contribution in [0.3, 0.4) is 0 Å². The largest absolute Gasteiger partial charge is 0.294 e. The zero-order chi connectivity index (χ0) is 14.8. The molecule has 0 N–H and O–H groups in total. The lowest BCUT2D eigenvalue weighted by Crippen LogP contribution is -2.05. The van der Waals surface area contributed by atoms with Crippen molar-refractivity contribution in [1.82, 2.24) is 4.98 Å². The average molecular weight is 296 g/mol. The van der Waals surface area contributed by atoms with Gasteiger partial charge >= 0.3 is 0 Å². The highest BCUT2D eigenvalue weighted by Crippen LogP contribution is 2.18. The molecule has 0 aliphatic carbocycles. The second-order valence-corrected chi connectivity index (χ2v) is 5.47. The third kappa shape index (κ3) is 2.96. The first-order valence-electron chi connectivity index (χ1n) is 6.77. The Hall–Kier alpha value is -2.19. The summed E-state index contributed by atoms with van der Waals surface area (Å²) in [6, 6.07) is 17.2. The van der Waals surface area contributed by atoms with Gasteiger partial charge in [-0.15, -0.1) is 0 Å². The molecule has 0 saturated carbocycles. The van der Waals surface area contributed by atoms with Gasteiger partial charge in [-0.3, -0.25) is 9.78 Å². The van der Waals surface area contributed by atoms with E-state index in [9.17, 15) is 4.79 Å². The van der Waals surface area contributed by atoms with Crippen LogP contribution in [0.25, 0.3) is 10.9 Å². The van der Waals surface area contributed by atoms with Crippen molar-refractivity contribution in [2.24, 2.45) is 0 Å². The van der Waals surface area contributed by atoms with E-state index in [1.54, 1.807) is 6.07 Å². The molecule has 0 spiro atoms. The van der Waals surface area contributed by atoms with Crippen LogP contribution in [0.15, 0.2) is 54.6 Å². The van der Waals surface area contributed by atoms with Crippen LogP contribution < -0.4 is 0 Å². The van der Waals surface area contributed by atoms with E-state index >= 15 is 0 Å². The van der Waals surface area contributed by atoms with Crippen molar-refractivity contribution in [2.45, 2.75) is 13.3 Å². The highest BCUT2D eigenvalue weighted by atomic mass is 35.5. The topological polar surface area (TPSA) is 30.0 Å². The predicted octanol–water partition coefficient (Wildman–Crippen LogP) is 4.62. The maximum atomic E-state index is 12.3. The summed E-state index contributed by atoms with van der Waals surface area (Å²) in [6.45, 7) is 1.92. The summed E-state index contributed by atoms with van der Waals surface area (Å²) in [4.78, 5) is 16.8. The predicted molar refractivity (Wildman–Crippen MR) is 86.0 cm³/mol. The van der Waals surface area contributed by atoms with Crippen molar-refractivity contribution in [1.29, 1.82) is 0 Å². The molecule has 3 heteroatoms. The molecule has 0 atom stereocenters. The Morgan fingerprint density at radius 2 is 1.90 bits per heavy atom. The van der Waals surface area contributed by atoms with Gasteiger partial charge in [-0.25, -0.2) is 0 Å². The second kappa shape index (κ2) is 5.66. The molecule has 0 fully saturated rings. The first-order valence-corrected chi connectivity index (χ1v) is 7.15. The number of halogens is 1. The number of hydrogen-bond donors (Lipinski definition) is 0. The Morgan fingerprint density at radius 1 is 1.10 bits per heavy atom. The fourth-order valence-electron chi connectivity index (χ4n) is 2.24. The zero-order valence-corrected chi connectivity index (χ0v) is 12.4. The van der Waals surface area contributed by atoms with Gasteiger partial charge in [0.2, 0.25) is 0 Å². The minimum atomic E-state index is 0.0275. The van der Waals surface area contributed by atoms with Gasteiger partial charge in [0.1, 0.15) is 0 Å². The molecule has 21 heavy (non-hydrogen) atoms. The van der Waals surface area contributed by atoms with Gasteiger partial charge in [-0.2, -0.15) is 0 Å². The van der Waals surface area contributed by atoms with Crippen molar-refractivity contribution in [2.75, 3.05) is 0 Å². The van der Waals surface area contributed by atoms with Gasteiger partial charge in [0.25, 0.3) is 0 Å². The van der Waals surface area contributed by atoms with E-state index in [2.05, 4.69) is 4.98 Å². The first kappa shape index (κ1) is 13.8. The standard InChI is InChI=1S/C18H14ClNO/c1-12-6-7-14(10-16(12)19)18(21)11-15-9-8-13-4-2-3-5-17(13)20-15/h2-10H,11H2,1H3. The number of fused-ring (bicyclic) bond motifs is 1. The number of nitrogens with zero attached hydrogens (tertiary/aromatic N) is 1. The molecule has 2 aromatic carbocycles. The summed E-state index contributed by atoms with van der Waals surface area (Å²) in [5, 5.41) is 1.69. The number of ketones is 1. The van der Waals surface area contributed by atoms with Crippen LogP contribution >= 0.6 is 11.6 Å². The van der Waals surface area contributed by atoms with E-state index in [-0.39, 0.29) is 12.2 Å². The fourth-order valence-corrected chi connectivity index (χ4v) is 2.42. The van der Waals surface area contributed by atoms with Crippen LogP contribution in [-0.2, 0) is 6.42 Å². The highest BCUT2D eigenvalue weighted by molar-refractivity contribution is 6.31. The van der Waals surface area contributed by atoms with Crippen LogP contribution in [0.5, 0.6) is 0 Å². The molecule has 0 aliphatic rings. The number of para-hydroxylation sites is 1. The summed E-state index contributed by atoms with van der Waals surface area (Å²) in [5.41, 5.74) is 3.28. The minimum absolute atomic E-state index is 0.0275. The van der Waals surface area contributed by atoms with E-state index in [1.807, 2.05) is 55.5 Å². The number of aromatic nitrogens is 1. The van der Waals surface area contributed by atoms with Crippen LogP contribution in [0.4, 0.5) is 0 Å².